The Morgan fingerprint density at radius 2 is 2.11 bits per heavy atom. The summed E-state index contributed by atoms with van der Waals surface area (Å²) in [4.78, 5) is 3.35. The van der Waals surface area contributed by atoms with E-state index in [9.17, 15) is 0 Å². The van der Waals surface area contributed by atoms with Crippen LogP contribution in [0.3, 0.4) is 0 Å². The van der Waals surface area contributed by atoms with Crippen molar-refractivity contribution in [2.24, 2.45) is 11.3 Å². The summed E-state index contributed by atoms with van der Waals surface area (Å²) in [6, 6.07) is 8.69. The van der Waals surface area contributed by atoms with Gasteiger partial charge in [0.25, 0.3) is 0 Å². The van der Waals surface area contributed by atoms with E-state index in [4.69, 9.17) is 0 Å². The average Bonchev–Trinajstić information content (AvgIpc) is 3.28. The lowest BCUT2D eigenvalue weighted by Crippen LogP contribution is -2.25. The van der Waals surface area contributed by atoms with E-state index in [1.165, 1.54) is 48.7 Å². The number of rotatable bonds is 5. The van der Waals surface area contributed by atoms with Gasteiger partial charge in [-0.05, 0) is 54.0 Å². The SMILES string of the molecule is c1cc(CNCC2(C3CC3)CC2)c2[nH]ccc2c1. The Morgan fingerprint density at radius 1 is 1.22 bits per heavy atom. The first-order valence-electron chi connectivity index (χ1n) is 7.13. The van der Waals surface area contributed by atoms with Crippen LogP contribution in [-0.2, 0) is 6.54 Å². The highest BCUT2D eigenvalue weighted by molar-refractivity contribution is 5.82. The van der Waals surface area contributed by atoms with Gasteiger partial charge >= 0.3 is 0 Å². The lowest BCUT2D eigenvalue weighted by molar-refractivity contribution is 0.404. The van der Waals surface area contributed by atoms with Gasteiger partial charge in [0.05, 0.1) is 0 Å². The van der Waals surface area contributed by atoms with Gasteiger partial charge in [-0.25, -0.2) is 0 Å². The van der Waals surface area contributed by atoms with Crippen LogP contribution in [0.2, 0.25) is 0 Å². The van der Waals surface area contributed by atoms with Crippen LogP contribution in [-0.4, -0.2) is 11.5 Å². The molecule has 0 aliphatic heterocycles. The maximum Gasteiger partial charge on any atom is 0.0499 e. The third-order valence-electron chi connectivity index (χ3n) is 4.80. The summed E-state index contributed by atoms with van der Waals surface area (Å²) in [7, 11) is 0. The molecule has 0 amide bonds. The van der Waals surface area contributed by atoms with Crippen molar-refractivity contribution in [3.63, 3.8) is 0 Å². The predicted octanol–water partition coefficient (Wildman–Crippen LogP) is 3.45. The largest absolute Gasteiger partial charge is 0.361 e. The standard InChI is InChI=1S/C16H20N2/c1-2-12-6-9-18-15(12)13(3-1)10-17-11-16(7-8-16)14-4-5-14/h1-3,6,9,14,17-18H,4-5,7-8,10-11H2. The molecule has 2 heteroatoms. The quantitative estimate of drug-likeness (QED) is 0.823. The smallest absolute Gasteiger partial charge is 0.0499 e. The van der Waals surface area contributed by atoms with Crippen molar-refractivity contribution in [1.82, 2.24) is 10.3 Å². The van der Waals surface area contributed by atoms with Crippen LogP contribution in [0.5, 0.6) is 0 Å². The van der Waals surface area contributed by atoms with Crippen LogP contribution in [0, 0.1) is 11.3 Å². The van der Waals surface area contributed by atoms with E-state index in [1.54, 1.807) is 0 Å². The van der Waals surface area contributed by atoms with E-state index in [1.807, 2.05) is 6.20 Å². The number of aromatic nitrogens is 1. The first-order chi connectivity index (χ1) is 8.87. The summed E-state index contributed by atoms with van der Waals surface area (Å²) in [5, 5.41) is 5.00. The molecule has 0 spiro atoms. The van der Waals surface area contributed by atoms with Crippen molar-refractivity contribution >= 4 is 10.9 Å². The summed E-state index contributed by atoms with van der Waals surface area (Å²) >= 11 is 0. The molecule has 2 aliphatic carbocycles. The van der Waals surface area contributed by atoms with Gasteiger partial charge in [-0.3, -0.25) is 0 Å². The number of para-hydroxylation sites is 1. The van der Waals surface area contributed by atoms with Crippen LogP contribution in [0.25, 0.3) is 10.9 Å². The molecule has 1 aromatic heterocycles. The fourth-order valence-electron chi connectivity index (χ4n) is 3.33. The number of hydrogen-bond acceptors (Lipinski definition) is 1. The Bertz CT molecular complexity index is 561. The van der Waals surface area contributed by atoms with Crippen LogP contribution >= 0.6 is 0 Å². The van der Waals surface area contributed by atoms with E-state index in [0.717, 1.165) is 12.5 Å². The molecule has 2 nitrogen and oxygen atoms in total. The first-order valence-corrected chi connectivity index (χ1v) is 7.13. The molecule has 2 saturated carbocycles. The van der Waals surface area contributed by atoms with Crippen LogP contribution in [0.4, 0.5) is 0 Å². The monoisotopic (exact) mass is 240 g/mol. The van der Waals surface area contributed by atoms with E-state index in [0.29, 0.717) is 5.41 Å². The second-order valence-corrected chi connectivity index (χ2v) is 6.10. The molecule has 18 heavy (non-hydrogen) atoms. The lowest BCUT2D eigenvalue weighted by Gasteiger charge is -2.15. The zero-order valence-corrected chi connectivity index (χ0v) is 10.7. The van der Waals surface area contributed by atoms with E-state index < -0.39 is 0 Å². The van der Waals surface area contributed by atoms with E-state index >= 15 is 0 Å². The van der Waals surface area contributed by atoms with Gasteiger partial charge in [-0.2, -0.15) is 0 Å². The van der Waals surface area contributed by atoms with Gasteiger partial charge in [0.2, 0.25) is 0 Å². The molecule has 0 bridgehead atoms. The minimum Gasteiger partial charge on any atom is -0.361 e. The summed E-state index contributed by atoms with van der Waals surface area (Å²) in [6.45, 7) is 2.21. The highest BCUT2D eigenvalue weighted by Crippen LogP contribution is 2.60. The Hall–Kier alpha value is -1.28. The molecular weight excluding hydrogens is 220 g/mol. The van der Waals surface area contributed by atoms with Gasteiger partial charge in [0.1, 0.15) is 0 Å². The summed E-state index contributed by atoms with van der Waals surface area (Å²) in [5.41, 5.74) is 3.38. The van der Waals surface area contributed by atoms with Crippen molar-refractivity contribution in [3.8, 4) is 0 Å². The van der Waals surface area contributed by atoms with Gasteiger partial charge in [0.15, 0.2) is 0 Å². The van der Waals surface area contributed by atoms with Crippen LogP contribution in [0.15, 0.2) is 30.5 Å². The number of nitrogens with one attached hydrogen (secondary N) is 2. The fourth-order valence-corrected chi connectivity index (χ4v) is 3.33. The molecule has 2 aromatic rings. The number of hydrogen-bond donors (Lipinski definition) is 2. The molecule has 2 aliphatic rings. The van der Waals surface area contributed by atoms with E-state index in [2.05, 4.69) is 34.6 Å². The minimum atomic E-state index is 0.698. The van der Waals surface area contributed by atoms with Crippen molar-refractivity contribution in [2.45, 2.75) is 32.2 Å². The predicted molar refractivity (Wildman–Crippen MR) is 74.4 cm³/mol. The zero-order chi connectivity index (χ0) is 12.0. The summed E-state index contributed by atoms with van der Waals surface area (Å²) in [5.74, 6) is 1.05. The van der Waals surface area contributed by atoms with Crippen molar-refractivity contribution < 1.29 is 0 Å². The van der Waals surface area contributed by atoms with Crippen LogP contribution in [0.1, 0.15) is 31.2 Å². The molecule has 1 heterocycles. The van der Waals surface area contributed by atoms with Gasteiger partial charge in [-0.15, -0.1) is 0 Å². The summed E-state index contributed by atoms with van der Waals surface area (Å²) < 4.78 is 0. The van der Waals surface area contributed by atoms with Gasteiger partial charge in [-0.1, -0.05) is 18.2 Å². The molecular formula is C16H20N2. The highest BCUT2D eigenvalue weighted by Gasteiger charge is 2.53. The Kier molecular flexibility index (Phi) is 2.28. The first kappa shape index (κ1) is 10.6. The Morgan fingerprint density at radius 3 is 2.89 bits per heavy atom. The van der Waals surface area contributed by atoms with Crippen LogP contribution < -0.4 is 5.32 Å². The molecule has 94 valence electrons. The molecule has 0 unspecified atom stereocenters. The molecule has 2 N–H and O–H groups in total. The van der Waals surface area contributed by atoms with E-state index in [-0.39, 0.29) is 0 Å². The average molecular weight is 240 g/mol. The van der Waals surface area contributed by atoms with Crippen molar-refractivity contribution in [2.75, 3.05) is 6.54 Å². The number of fused-ring (bicyclic) bond motifs is 1. The van der Waals surface area contributed by atoms with Crippen molar-refractivity contribution in [1.29, 1.82) is 0 Å². The maximum atomic E-state index is 3.69. The molecule has 0 saturated heterocycles. The fraction of sp³-hybridized carbons (Fsp3) is 0.500. The third-order valence-corrected chi connectivity index (χ3v) is 4.80. The molecule has 0 radical (unpaired) electrons. The van der Waals surface area contributed by atoms with Gasteiger partial charge < -0.3 is 10.3 Å². The highest BCUT2D eigenvalue weighted by atomic mass is 14.9. The lowest BCUT2D eigenvalue weighted by atomic mass is 10.0. The number of aromatic amines is 1. The second-order valence-electron chi connectivity index (χ2n) is 6.10. The maximum absolute atomic E-state index is 3.69. The molecule has 2 fully saturated rings. The molecule has 4 rings (SSSR count). The Balaban J connectivity index is 1.44. The van der Waals surface area contributed by atoms with Crippen molar-refractivity contribution in [3.05, 3.63) is 36.0 Å². The topological polar surface area (TPSA) is 27.8 Å². The second kappa shape index (κ2) is 3.86. The summed E-state index contributed by atoms with van der Waals surface area (Å²) in [6.07, 6.45) is 7.90. The third kappa shape index (κ3) is 1.76. The minimum absolute atomic E-state index is 0.698. The number of H-pyrrole nitrogens is 1. The normalized spacial score (nSPS) is 21.3. The number of benzene rings is 1. The van der Waals surface area contributed by atoms with Gasteiger partial charge in [0, 0.05) is 24.8 Å². The molecule has 1 aromatic carbocycles. The molecule has 0 atom stereocenters. The zero-order valence-electron chi connectivity index (χ0n) is 10.7. The Labute approximate surface area is 108 Å².